The summed E-state index contributed by atoms with van der Waals surface area (Å²) >= 11 is 0. The fourth-order valence-corrected chi connectivity index (χ4v) is 3.68. The van der Waals surface area contributed by atoms with Crippen LogP contribution in [-0.4, -0.2) is 29.8 Å². The van der Waals surface area contributed by atoms with Crippen LogP contribution in [-0.2, 0) is 0 Å². The van der Waals surface area contributed by atoms with Gasteiger partial charge in [-0.05, 0) is 43.9 Å². The van der Waals surface area contributed by atoms with Crippen LogP contribution < -0.4 is 0 Å². The Morgan fingerprint density at radius 1 is 1.20 bits per heavy atom. The highest BCUT2D eigenvalue weighted by molar-refractivity contribution is 5.97. The molecule has 2 atom stereocenters. The van der Waals surface area contributed by atoms with Gasteiger partial charge in [0.2, 0.25) is 0 Å². The van der Waals surface area contributed by atoms with Crippen LogP contribution >= 0.6 is 0 Å². The lowest BCUT2D eigenvalue weighted by molar-refractivity contribution is 0.0891. The summed E-state index contributed by atoms with van der Waals surface area (Å²) in [6.07, 6.45) is 6.04. The standard InChI is InChI=1S/C16H19F2NO/c17-12-5-6-13(14(18)9-12)16(20)10-19-8-7-11-3-1-2-4-15(11)19/h5-6,9,11,15H,1-4,7-8,10H2. The minimum atomic E-state index is -0.755. The van der Waals surface area contributed by atoms with Gasteiger partial charge in [0.25, 0.3) is 0 Å². The Kier molecular flexibility index (Phi) is 3.83. The van der Waals surface area contributed by atoms with Crippen LogP contribution in [0.15, 0.2) is 18.2 Å². The van der Waals surface area contributed by atoms with Crippen LogP contribution in [0.3, 0.4) is 0 Å². The molecule has 20 heavy (non-hydrogen) atoms. The molecular weight excluding hydrogens is 260 g/mol. The van der Waals surface area contributed by atoms with E-state index >= 15 is 0 Å². The van der Waals surface area contributed by atoms with Gasteiger partial charge in [-0.15, -0.1) is 0 Å². The lowest BCUT2D eigenvalue weighted by Crippen LogP contribution is -2.38. The predicted octanol–water partition coefficient (Wildman–Crippen LogP) is 3.41. The second-order valence-electron chi connectivity index (χ2n) is 5.92. The highest BCUT2D eigenvalue weighted by Crippen LogP contribution is 2.36. The Balaban J connectivity index is 1.69. The first-order valence-electron chi connectivity index (χ1n) is 7.37. The van der Waals surface area contributed by atoms with E-state index in [0.29, 0.717) is 12.0 Å². The van der Waals surface area contributed by atoms with Gasteiger partial charge in [0.1, 0.15) is 11.6 Å². The lowest BCUT2D eigenvalue weighted by Gasteiger charge is -2.31. The largest absolute Gasteiger partial charge is 0.293 e. The fourth-order valence-electron chi connectivity index (χ4n) is 3.68. The van der Waals surface area contributed by atoms with Crippen LogP contribution in [0.5, 0.6) is 0 Å². The van der Waals surface area contributed by atoms with Gasteiger partial charge in [-0.2, -0.15) is 0 Å². The maximum Gasteiger partial charge on any atom is 0.179 e. The number of likely N-dealkylation sites (tertiary alicyclic amines) is 1. The van der Waals surface area contributed by atoms with E-state index in [1.165, 1.54) is 25.3 Å². The van der Waals surface area contributed by atoms with Gasteiger partial charge in [0.15, 0.2) is 5.78 Å². The first kappa shape index (κ1) is 13.7. The van der Waals surface area contributed by atoms with Crippen molar-refractivity contribution in [3.05, 3.63) is 35.4 Å². The summed E-state index contributed by atoms with van der Waals surface area (Å²) in [7, 11) is 0. The Labute approximate surface area is 117 Å². The molecule has 1 saturated heterocycles. The molecule has 0 amide bonds. The van der Waals surface area contributed by atoms with Crippen molar-refractivity contribution < 1.29 is 13.6 Å². The Hall–Kier alpha value is -1.29. The molecule has 3 rings (SSSR count). The average molecular weight is 279 g/mol. The van der Waals surface area contributed by atoms with E-state index in [0.717, 1.165) is 31.5 Å². The number of Topliss-reactive ketones (excluding diaryl/α,β-unsaturated/α-hetero) is 1. The highest BCUT2D eigenvalue weighted by atomic mass is 19.1. The number of halogens is 2. The van der Waals surface area contributed by atoms with Gasteiger partial charge in [-0.3, -0.25) is 9.69 Å². The van der Waals surface area contributed by atoms with Crippen molar-refractivity contribution in [3.8, 4) is 0 Å². The molecule has 0 aromatic heterocycles. The zero-order chi connectivity index (χ0) is 14.1. The molecule has 0 spiro atoms. The van der Waals surface area contributed by atoms with Crippen molar-refractivity contribution in [2.75, 3.05) is 13.1 Å². The molecule has 4 heteroatoms. The summed E-state index contributed by atoms with van der Waals surface area (Å²) in [6, 6.07) is 3.65. The number of hydrogen-bond acceptors (Lipinski definition) is 2. The van der Waals surface area contributed by atoms with Crippen molar-refractivity contribution in [3.63, 3.8) is 0 Å². The molecule has 1 heterocycles. The van der Waals surface area contributed by atoms with E-state index in [2.05, 4.69) is 4.90 Å². The summed E-state index contributed by atoms with van der Waals surface area (Å²) in [6.45, 7) is 1.17. The van der Waals surface area contributed by atoms with Gasteiger partial charge in [-0.25, -0.2) is 8.78 Å². The first-order valence-corrected chi connectivity index (χ1v) is 7.37. The van der Waals surface area contributed by atoms with Gasteiger partial charge in [0.05, 0.1) is 12.1 Å². The van der Waals surface area contributed by atoms with Crippen molar-refractivity contribution in [1.82, 2.24) is 4.90 Å². The summed E-state index contributed by atoms with van der Waals surface area (Å²) in [5.74, 6) is -0.940. The number of carbonyl (C=O) groups is 1. The second-order valence-corrected chi connectivity index (χ2v) is 5.92. The number of hydrogen-bond donors (Lipinski definition) is 0. The highest BCUT2D eigenvalue weighted by Gasteiger charge is 2.36. The van der Waals surface area contributed by atoms with Crippen molar-refractivity contribution >= 4 is 5.78 Å². The Bertz CT molecular complexity index is 517. The first-order chi connectivity index (χ1) is 9.65. The molecule has 1 saturated carbocycles. The number of ketones is 1. The smallest absolute Gasteiger partial charge is 0.179 e. The van der Waals surface area contributed by atoms with E-state index < -0.39 is 11.6 Å². The third-order valence-corrected chi connectivity index (χ3v) is 4.70. The van der Waals surface area contributed by atoms with E-state index in [1.807, 2.05) is 0 Å². The van der Waals surface area contributed by atoms with Crippen LogP contribution in [0.2, 0.25) is 0 Å². The number of fused-ring (bicyclic) bond motifs is 1. The zero-order valence-corrected chi connectivity index (χ0v) is 11.4. The molecule has 2 nitrogen and oxygen atoms in total. The number of carbonyl (C=O) groups excluding carboxylic acids is 1. The number of benzene rings is 1. The maximum absolute atomic E-state index is 13.6. The predicted molar refractivity (Wildman–Crippen MR) is 72.6 cm³/mol. The number of nitrogens with zero attached hydrogens (tertiary/aromatic N) is 1. The van der Waals surface area contributed by atoms with E-state index in [-0.39, 0.29) is 17.9 Å². The quantitative estimate of drug-likeness (QED) is 0.790. The van der Waals surface area contributed by atoms with Gasteiger partial charge < -0.3 is 0 Å². The van der Waals surface area contributed by atoms with E-state index in [4.69, 9.17) is 0 Å². The van der Waals surface area contributed by atoms with Crippen molar-refractivity contribution in [2.45, 2.75) is 38.1 Å². The molecule has 1 aliphatic carbocycles. The third kappa shape index (κ3) is 2.62. The maximum atomic E-state index is 13.6. The molecule has 0 bridgehead atoms. The topological polar surface area (TPSA) is 20.3 Å². The fraction of sp³-hybridized carbons (Fsp3) is 0.562. The van der Waals surface area contributed by atoms with Crippen LogP contribution in [0, 0.1) is 17.6 Å². The normalized spacial score (nSPS) is 26.5. The lowest BCUT2D eigenvalue weighted by atomic mass is 9.85. The Morgan fingerprint density at radius 2 is 2.00 bits per heavy atom. The summed E-state index contributed by atoms with van der Waals surface area (Å²) in [5, 5.41) is 0. The van der Waals surface area contributed by atoms with Crippen LogP contribution in [0.1, 0.15) is 42.5 Å². The van der Waals surface area contributed by atoms with Crippen LogP contribution in [0.25, 0.3) is 0 Å². The van der Waals surface area contributed by atoms with Gasteiger partial charge in [0, 0.05) is 12.1 Å². The van der Waals surface area contributed by atoms with E-state index in [9.17, 15) is 13.6 Å². The molecular formula is C16H19F2NO. The monoisotopic (exact) mass is 279 g/mol. The summed E-state index contributed by atoms with van der Waals surface area (Å²) < 4.78 is 26.5. The molecule has 108 valence electrons. The molecule has 2 fully saturated rings. The third-order valence-electron chi connectivity index (χ3n) is 4.70. The molecule has 0 N–H and O–H groups in total. The molecule has 0 radical (unpaired) electrons. The minimum absolute atomic E-state index is 0.00524. The molecule has 2 unspecified atom stereocenters. The van der Waals surface area contributed by atoms with Crippen molar-refractivity contribution in [2.24, 2.45) is 5.92 Å². The SMILES string of the molecule is O=C(CN1CCC2CCCCC21)c1ccc(F)cc1F. The Morgan fingerprint density at radius 3 is 2.80 bits per heavy atom. The molecule has 2 aliphatic rings. The average Bonchev–Trinajstić information content (AvgIpc) is 2.82. The molecule has 1 aromatic rings. The van der Waals surface area contributed by atoms with Crippen LogP contribution in [0.4, 0.5) is 8.78 Å². The zero-order valence-electron chi connectivity index (χ0n) is 11.4. The molecule has 1 aromatic carbocycles. The summed E-state index contributed by atoms with van der Waals surface area (Å²) in [5.41, 5.74) is 0.00524. The van der Waals surface area contributed by atoms with E-state index in [1.54, 1.807) is 0 Å². The molecule has 1 aliphatic heterocycles. The summed E-state index contributed by atoms with van der Waals surface area (Å²) in [4.78, 5) is 14.4. The van der Waals surface area contributed by atoms with Gasteiger partial charge >= 0.3 is 0 Å². The van der Waals surface area contributed by atoms with Crippen molar-refractivity contribution in [1.29, 1.82) is 0 Å². The number of rotatable bonds is 3. The second kappa shape index (κ2) is 5.60. The van der Waals surface area contributed by atoms with Gasteiger partial charge in [-0.1, -0.05) is 12.8 Å². The minimum Gasteiger partial charge on any atom is -0.293 e.